The van der Waals surface area contributed by atoms with Crippen LogP contribution in [0.3, 0.4) is 0 Å². The van der Waals surface area contributed by atoms with Gasteiger partial charge in [-0.15, -0.1) is 0 Å². The highest BCUT2D eigenvalue weighted by Gasteiger charge is 2.26. The number of hydrogen-bond donors (Lipinski definition) is 1. The van der Waals surface area contributed by atoms with Crippen molar-refractivity contribution in [3.8, 4) is 0 Å². The molecule has 2 amide bonds. The maximum absolute atomic E-state index is 13.1. The van der Waals surface area contributed by atoms with Gasteiger partial charge in [0.15, 0.2) is 0 Å². The summed E-state index contributed by atoms with van der Waals surface area (Å²) in [6, 6.07) is 13.1. The van der Waals surface area contributed by atoms with E-state index in [9.17, 15) is 14.0 Å². The molecule has 4 nitrogen and oxygen atoms in total. The first-order valence-electron chi connectivity index (χ1n) is 9.16. The normalized spacial score (nSPS) is 11.9. The van der Waals surface area contributed by atoms with Crippen LogP contribution in [-0.2, 0) is 22.6 Å². The molecule has 0 saturated carbocycles. The largest absolute Gasteiger partial charge is 0.352 e. The zero-order chi connectivity index (χ0) is 20.0. The molecule has 2 rings (SSSR count). The summed E-state index contributed by atoms with van der Waals surface area (Å²) in [4.78, 5) is 27.0. The van der Waals surface area contributed by atoms with Crippen LogP contribution >= 0.6 is 0 Å². The molecule has 0 saturated heterocycles. The fourth-order valence-corrected chi connectivity index (χ4v) is 2.76. The number of nitrogens with one attached hydrogen (secondary N) is 1. The van der Waals surface area contributed by atoms with Gasteiger partial charge >= 0.3 is 0 Å². The Hall–Kier alpha value is -2.69. The van der Waals surface area contributed by atoms with Crippen LogP contribution in [0, 0.1) is 12.7 Å². The van der Waals surface area contributed by atoms with Crippen molar-refractivity contribution < 1.29 is 14.0 Å². The minimum atomic E-state index is -0.610. The summed E-state index contributed by atoms with van der Waals surface area (Å²) in [6.45, 7) is 7.84. The standard InChI is InChI=1S/C22H27FN2O2/c1-15(2)24-22(27)17(4)25(14-19-7-5-16(3)6-8-19)21(26)13-18-9-11-20(23)12-10-18/h5-12,15,17H,13-14H2,1-4H3,(H,24,27)/t17-/m1/s1. The molecule has 0 aliphatic carbocycles. The molecule has 27 heavy (non-hydrogen) atoms. The Morgan fingerprint density at radius 1 is 0.963 bits per heavy atom. The van der Waals surface area contributed by atoms with Crippen LogP contribution in [0.4, 0.5) is 4.39 Å². The zero-order valence-electron chi connectivity index (χ0n) is 16.3. The molecule has 0 spiro atoms. The second-order valence-corrected chi connectivity index (χ2v) is 7.15. The van der Waals surface area contributed by atoms with Crippen LogP contribution in [-0.4, -0.2) is 28.8 Å². The van der Waals surface area contributed by atoms with Gasteiger partial charge in [-0.1, -0.05) is 42.0 Å². The van der Waals surface area contributed by atoms with E-state index in [1.165, 1.54) is 12.1 Å². The molecular formula is C22H27FN2O2. The van der Waals surface area contributed by atoms with Gasteiger partial charge in [-0.2, -0.15) is 0 Å². The highest BCUT2D eigenvalue weighted by atomic mass is 19.1. The smallest absolute Gasteiger partial charge is 0.242 e. The molecule has 0 aromatic heterocycles. The van der Waals surface area contributed by atoms with E-state index in [1.807, 2.05) is 45.0 Å². The number of halogens is 1. The first kappa shape index (κ1) is 20.6. The highest BCUT2D eigenvalue weighted by molar-refractivity contribution is 5.88. The van der Waals surface area contributed by atoms with Gasteiger partial charge in [0.05, 0.1) is 6.42 Å². The molecule has 2 aromatic rings. The average molecular weight is 370 g/mol. The molecule has 0 radical (unpaired) electrons. The number of carbonyl (C=O) groups is 2. The third-order valence-electron chi connectivity index (χ3n) is 4.34. The number of rotatable bonds is 7. The Bertz CT molecular complexity index is 770. The zero-order valence-corrected chi connectivity index (χ0v) is 16.3. The Kier molecular flexibility index (Phi) is 7.11. The predicted molar refractivity (Wildman–Crippen MR) is 105 cm³/mol. The maximum atomic E-state index is 13.1. The lowest BCUT2D eigenvalue weighted by molar-refractivity contribution is -0.140. The van der Waals surface area contributed by atoms with Crippen molar-refractivity contribution in [2.24, 2.45) is 0 Å². The average Bonchev–Trinajstić information content (AvgIpc) is 2.62. The van der Waals surface area contributed by atoms with Crippen LogP contribution in [0.15, 0.2) is 48.5 Å². The molecule has 2 aromatic carbocycles. The van der Waals surface area contributed by atoms with Crippen LogP contribution in [0.5, 0.6) is 0 Å². The maximum Gasteiger partial charge on any atom is 0.242 e. The quantitative estimate of drug-likeness (QED) is 0.809. The molecule has 0 bridgehead atoms. The SMILES string of the molecule is Cc1ccc(CN(C(=O)Cc2ccc(F)cc2)[C@H](C)C(=O)NC(C)C)cc1. The number of nitrogens with zero attached hydrogens (tertiary/aromatic N) is 1. The van der Waals surface area contributed by atoms with Crippen LogP contribution in [0.1, 0.15) is 37.5 Å². The Balaban J connectivity index is 2.21. The number of hydrogen-bond acceptors (Lipinski definition) is 2. The molecule has 144 valence electrons. The Morgan fingerprint density at radius 3 is 2.07 bits per heavy atom. The first-order valence-corrected chi connectivity index (χ1v) is 9.16. The van der Waals surface area contributed by atoms with Gasteiger partial charge in [-0.25, -0.2) is 4.39 Å². The van der Waals surface area contributed by atoms with E-state index in [0.29, 0.717) is 12.1 Å². The first-order chi connectivity index (χ1) is 12.8. The molecule has 5 heteroatoms. The monoisotopic (exact) mass is 370 g/mol. The van der Waals surface area contributed by atoms with E-state index in [2.05, 4.69) is 5.32 Å². The topological polar surface area (TPSA) is 49.4 Å². The highest BCUT2D eigenvalue weighted by Crippen LogP contribution is 2.14. The number of amides is 2. The molecule has 0 aliphatic heterocycles. The van der Waals surface area contributed by atoms with Gasteiger partial charge < -0.3 is 10.2 Å². The van der Waals surface area contributed by atoms with Gasteiger partial charge in [0, 0.05) is 12.6 Å². The van der Waals surface area contributed by atoms with E-state index in [-0.39, 0.29) is 30.1 Å². The minimum absolute atomic E-state index is 0.00613. The summed E-state index contributed by atoms with van der Waals surface area (Å²) in [6.07, 6.45) is 0.117. The second-order valence-electron chi connectivity index (χ2n) is 7.15. The van der Waals surface area contributed by atoms with Crippen LogP contribution < -0.4 is 5.32 Å². The predicted octanol–water partition coefficient (Wildman–Crippen LogP) is 3.62. The fraction of sp³-hybridized carbons (Fsp3) is 0.364. The van der Waals surface area contributed by atoms with Crippen molar-refractivity contribution in [2.75, 3.05) is 0 Å². The molecule has 0 aliphatic rings. The van der Waals surface area contributed by atoms with Crippen LogP contribution in [0.25, 0.3) is 0 Å². The van der Waals surface area contributed by atoms with E-state index in [0.717, 1.165) is 11.1 Å². The Morgan fingerprint density at radius 2 is 1.52 bits per heavy atom. The van der Waals surface area contributed by atoms with Crippen molar-refractivity contribution >= 4 is 11.8 Å². The van der Waals surface area contributed by atoms with E-state index >= 15 is 0 Å². The van der Waals surface area contributed by atoms with Crippen molar-refractivity contribution in [1.82, 2.24) is 10.2 Å². The summed E-state index contributed by atoms with van der Waals surface area (Å²) in [5, 5.41) is 2.86. The number of benzene rings is 2. The van der Waals surface area contributed by atoms with Crippen LogP contribution in [0.2, 0.25) is 0 Å². The lowest BCUT2D eigenvalue weighted by Crippen LogP contribution is -2.49. The lowest BCUT2D eigenvalue weighted by Gasteiger charge is -2.29. The molecule has 0 fully saturated rings. The lowest BCUT2D eigenvalue weighted by atomic mass is 10.1. The van der Waals surface area contributed by atoms with Crippen molar-refractivity contribution in [2.45, 2.75) is 52.7 Å². The number of aryl methyl sites for hydroxylation is 1. The molecule has 1 N–H and O–H groups in total. The molecular weight excluding hydrogens is 343 g/mol. The Labute approximate surface area is 160 Å². The van der Waals surface area contributed by atoms with E-state index < -0.39 is 6.04 Å². The summed E-state index contributed by atoms with van der Waals surface area (Å²) >= 11 is 0. The third-order valence-corrected chi connectivity index (χ3v) is 4.34. The van der Waals surface area contributed by atoms with Crippen molar-refractivity contribution in [3.05, 3.63) is 71.0 Å². The summed E-state index contributed by atoms with van der Waals surface area (Å²) in [5.41, 5.74) is 2.80. The summed E-state index contributed by atoms with van der Waals surface area (Å²) in [7, 11) is 0. The van der Waals surface area contributed by atoms with Gasteiger partial charge in [0.2, 0.25) is 11.8 Å². The van der Waals surface area contributed by atoms with Gasteiger partial charge in [-0.3, -0.25) is 9.59 Å². The molecule has 0 heterocycles. The minimum Gasteiger partial charge on any atom is -0.352 e. The fourth-order valence-electron chi connectivity index (χ4n) is 2.76. The molecule has 0 unspecified atom stereocenters. The van der Waals surface area contributed by atoms with Gasteiger partial charge in [-0.05, 0) is 51.0 Å². The van der Waals surface area contributed by atoms with Gasteiger partial charge in [0.25, 0.3) is 0 Å². The second kappa shape index (κ2) is 9.31. The summed E-state index contributed by atoms with van der Waals surface area (Å²) in [5.74, 6) is -0.703. The van der Waals surface area contributed by atoms with Crippen molar-refractivity contribution in [3.63, 3.8) is 0 Å². The van der Waals surface area contributed by atoms with E-state index in [4.69, 9.17) is 0 Å². The number of carbonyl (C=O) groups excluding carboxylic acids is 2. The summed E-state index contributed by atoms with van der Waals surface area (Å²) < 4.78 is 13.1. The van der Waals surface area contributed by atoms with E-state index in [1.54, 1.807) is 24.0 Å². The van der Waals surface area contributed by atoms with Crippen molar-refractivity contribution in [1.29, 1.82) is 0 Å². The van der Waals surface area contributed by atoms with Gasteiger partial charge in [0.1, 0.15) is 11.9 Å². The third kappa shape index (κ3) is 6.20. The molecule has 1 atom stereocenters.